The minimum Gasteiger partial charge on any atom is -0.305 e. The quantitative estimate of drug-likeness (QED) is 0.856. The molecule has 2 aromatic rings. The predicted octanol–water partition coefficient (Wildman–Crippen LogP) is 2.91. The van der Waals surface area contributed by atoms with Gasteiger partial charge in [0.2, 0.25) is 0 Å². The molecular weight excluding hydrogens is 222 g/mol. The van der Waals surface area contributed by atoms with Crippen LogP contribution >= 0.6 is 11.6 Å². The largest absolute Gasteiger partial charge is 0.305 e. The monoisotopic (exact) mass is 235 g/mol. The SMILES string of the molecule is C[C@@H](NCc1ccn[nH]1)c1cccc(Cl)c1. The third kappa shape index (κ3) is 2.84. The van der Waals surface area contributed by atoms with Crippen LogP contribution in [0.1, 0.15) is 24.2 Å². The molecule has 1 heterocycles. The van der Waals surface area contributed by atoms with Crippen LogP contribution in [0.4, 0.5) is 0 Å². The topological polar surface area (TPSA) is 40.7 Å². The van der Waals surface area contributed by atoms with Gasteiger partial charge in [-0.25, -0.2) is 0 Å². The van der Waals surface area contributed by atoms with Crippen LogP contribution in [0.2, 0.25) is 5.02 Å². The van der Waals surface area contributed by atoms with Crippen molar-refractivity contribution in [2.24, 2.45) is 0 Å². The predicted molar refractivity (Wildman–Crippen MR) is 65.3 cm³/mol. The Hall–Kier alpha value is -1.32. The highest BCUT2D eigenvalue weighted by Crippen LogP contribution is 2.17. The summed E-state index contributed by atoms with van der Waals surface area (Å²) in [5.74, 6) is 0. The summed E-state index contributed by atoms with van der Waals surface area (Å²) < 4.78 is 0. The maximum Gasteiger partial charge on any atom is 0.0490 e. The molecule has 0 amide bonds. The Morgan fingerprint density at radius 1 is 1.44 bits per heavy atom. The standard InChI is InChI=1S/C12H14ClN3/c1-9(10-3-2-4-11(13)7-10)14-8-12-5-6-15-16-12/h2-7,9,14H,8H2,1H3,(H,15,16)/t9-/m1/s1. The van der Waals surface area contributed by atoms with Gasteiger partial charge in [0.15, 0.2) is 0 Å². The fourth-order valence-corrected chi connectivity index (χ4v) is 1.74. The molecule has 0 aliphatic carbocycles. The summed E-state index contributed by atoms with van der Waals surface area (Å²) in [5.41, 5.74) is 2.26. The van der Waals surface area contributed by atoms with E-state index < -0.39 is 0 Å². The molecule has 0 fully saturated rings. The summed E-state index contributed by atoms with van der Waals surface area (Å²) in [5, 5.41) is 11.0. The molecule has 0 saturated heterocycles. The van der Waals surface area contributed by atoms with Crippen molar-refractivity contribution in [1.29, 1.82) is 0 Å². The molecule has 16 heavy (non-hydrogen) atoms. The van der Waals surface area contributed by atoms with Crippen molar-refractivity contribution >= 4 is 11.6 Å². The number of rotatable bonds is 4. The van der Waals surface area contributed by atoms with Gasteiger partial charge in [0, 0.05) is 29.5 Å². The molecule has 1 aromatic carbocycles. The highest BCUT2D eigenvalue weighted by molar-refractivity contribution is 6.30. The summed E-state index contributed by atoms with van der Waals surface area (Å²) >= 11 is 5.94. The molecule has 0 unspecified atom stereocenters. The van der Waals surface area contributed by atoms with Crippen molar-refractivity contribution in [3.05, 3.63) is 52.8 Å². The van der Waals surface area contributed by atoms with Crippen LogP contribution in [0.25, 0.3) is 0 Å². The molecule has 0 radical (unpaired) electrons. The average Bonchev–Trinajstić information content (AvgIpc) is 2.78. The molecule has 1 atom stereocenters. The third-order valence-corrected chi connectivity index (χ3v) is 2.74. The van der Waals surface area contributed by atoms with Gasteiger partial charge in [-0.05, 0) is 30.7 Å². The van der Waals surface area contributed by atoms with E-state index in [0.29, 0.717) is 0 Å². The molecular formula is C12H14ClN3. The summed E-state index contributed by atoms with van der Waals surface area (Å²) in [6, 6.07) is 10.1. The molecule has 0 aliphatic rings. The first-order valence-corrected chi connectivity index (χ1v) is 5.60. The second-order valence-corrected chi connectivity index (χ2v) is 4.18. The lowest BCUT2D eigenvalue weighted by molar-refractivity contribution is 0.567. The maximum atomic E-state index is 5.94. The number of aromatic nitrogens is 2. The number of hydrogen-bond acceptors (Lipinski definition) is 2. The van der Waals surface area contributed by atoms with Crippen molar-refractivity contribution in [2.45, 2.75) is 19.5 Å². The van der Waals surface area contributed by atoms with Crippen LogP contribution in [-0.2, 0) is 6.54 Å². The van der Waals surface area contributed by atoms with Crippen LogP contribution < -0.4 is 5.32 Å². The van der Waals surface area contributed by atoms with Crippen LogP contribution in [0.5, 0.6) is 0 Å². The normalized spacial score (nSPS) is 12.6. The summed E-state index contributed by atoms with van der Waals surface area (Å²) in [4.78, 5) is 0. The van der Waals surface area contributed by atoms with Gasteiger partial charge >= 0.3 is 0 Å². The van der Waals surface area contributed by atoms with E-state index >= 15 is 0 Å². The Morgan fingerprint density at radius 2 is 2.31 bits per heavy atom. The van der Waals surface area contributed by atoms with Gasteiger partial charge in [0.05, 0.1) is 0 Å². The number of nitrogens with zero attached hydrogens (tertiary/aromatic N) is 1. The number of hydrogen-bond donors (Lipinski definition) is 2. The lowest BCUT2D eigenvalue weighted by Crippen LogP contribution is -2.18. The number of nitrogens with one attached hydrogen (secondary N) is 2. The Kier molecular flexibility index (Phi) is 3.59. The van der Waals surface area contributed by atoms with Gasteiger partial charge < -0.3 is 5.32 Å². The van der Waals surface area contributed by atoms with E-state index in [2.05, 4.69) is 28.5 Å². The average molecular weight is 236 g/mol. The number of halogens is 1. The van der Waals surface area contributed by atoms with Gasteiger partial charge in [0.25, 0.3) is 0 Å². The summed E-state index contributed by atoms with van der Waals surface area (Å²) in [7, 11) is 0. The molecule has 0 aliphatic heterocycles. The number of H-pyrrole nitrogens is 1. The second-order valence-electron chi connectivity index (χ2n) is 3.74. The van der Waals surface area contributed by atoms with Crippen LogP contribution in [0, 0.1) is 0 Å². The van der Waals surface area contributed by atoms with E-state index in [1.807, 2.05) is 24.3 Å². The van der Waals surface area contributed by atoms with Gasteiger partial charge in [0.1, 0.15) is 0 Å². The lowest BCUT2D eigenvalue weighted by Gasteiger charge is -2.13. The Labute approximate surface area is 99.8 Å². The zero-order chi connectivity index (χ0) is 11.4. The van der Waals surface area contributed by atoms with Crippen LogP contribution in [0.15, 0.2) is 36.5 Å². The zero-order valence-corrected chi connectivity index (χ0v) is 9.83. The minimum atomic E-state index is 0.266. The molecule has 84 valence electrons. The van der Waals surface area contributed by atoms with E-state index in [9.17, 15) is 0 Å². The molecule has 0 spiro atoms. The summed E-state index contributed by atoms with van der Waals surface area (Å²) in [6.07, 6.45) is 1.75. The lowest BCUT2D eigenvalue weighted by atomic mass is 10.1. The first kappa shape index (κ1) is 11.2. The van der Waals surface area contributed by atoms with Crippen molar-refractivity contribution in [3.8, 4) is 0 Å². The van der Waals surface area contributed by atoms with Crippen molar-refractivity contribution in [1.82, 2.24) is 15.5 Å². The molecule has 2 rings (SSSR count). The van der Waals surface area contributed by atoms with E-state index in [0.717, 1.165) is 17.3 Å². The van der Waals surface area contributed by atoms with Gasteiger partial charge in [-0.15, -0.1) is 0 Å². The first-order chi connectivity index (χ1) is 7.75. The third-order valence-electron chi connectivity index (χ3n) is 2.51. The van der Waals surface area contributed by atoms with Crippen LogP contribution in [-0.4, -0.2) is 10.2 Å². The Morgan fingerprint density at radius 3 is 3.00 bits per heavy atom. The Balaban J connectivity index is 1.95. The first-order valence-electron chi connectivity index (χ1n) is 5.23. The summed E-state index contributed by atoms with van der Waals surface area (Å²) in [6.45, 7) is 2.88. The molecule has 2 N–H and O–H groups in total. The smallest absolute Gasteiger partial charge is 0.0490 e. The highest BCUT2D eigenvalue weighted by Gasteiger charge is 2.05. The second kappa shape index (κ2) is 5.14. The van der Waals surface area contributed by atoms with Crippen molar-refractivity contribution < 1.29 is 0 Å². The van der Waals surface area contributed by atoms with E-state index in [-0.39, 0.29) is 6.04 Å². The van der Waals surface area contributed by atoms with Crippen molar-refractivity contribution in [3.63, 3.8) is 0 Å². The zero-order valence-electron chi connectivity index (χ0n) is 9.07. The molecule has 0 bridgehead atoms. The van der Waals surface area contributed by atoms with Gasteiger partial charge in [-0.1, -0.05) is 23.7 Å². The highest BCUT2D eigenvalue weighted by atomic mass is 35.5. The fourth-order valence-electron chi connectivity index (χ4n) is 1.54. The molecule has 1 aromatic heterocycles. The molecule has 3 nitrogen and oxygen atoms in total. The maximum absolute atomic E-state index is 5.94. The van der Waals surface area contributed by atoms with Crippen molar-refractivity contribution in [2.75, 3.05) is 0 Å². The Bertz CT molecular complexity index is 439. The van der Waals surface area contributed by atoms with Gasteiger partial charge in [-0.2, -0.15) is 5.10 Å². The van der Waals surface area contributed by atoms with E-state index in [4.69, 9.17) is 11.6 Å². The number of aromatic amines is 1. The van der Waals surface area contributed by atoms with Crippen LogP contribution in [0.3, 0.4) is 0 Å². The van der Waals surface area contributed by atoms with Gasteiger partial charge in [-0.3, -0.25) is 5.10 Å². The molecule has 0 saturated carbocycles. The van der Waals surface area contributed by atoms with E-state index in [1.165, 1.54) is 5.56 Å². The minimum absolute atomic E-state index is 0.266. The van der Waals surface area contributed by atoms with E-state index in [1.54, 1.807) is 6.20 Å². The molecule has 4 heteroatoms. The fraction of sp³-hybridized carbons (Fsp3) is 0.250. The number of benzene rings is 1.